The number of carbonyl (C=O) groups is 2. The summed E-state index contributed by atoms with van der Waals surface area (Å²) in [6, 6.07) is -0.448. The van der Waals surface area contributed by atoms with Crippen molar-refractivity contribution in [3.63, 3.8) is 0 Å². The van der Waals surface area contributed by atoms with Crippen LogP contribution in [0.15, 0.2) is 5.38 Å². The molecule has 1 rings (SSSR count). The van der Waals surface area contributed by atoms with E-state index in [4.69, 9.17) is 5.11 Å². The highest BCUT2D eigenvalue weighted by Crippen LogP contribution is 2.21. The summed E-state index contributed by atoms with van der Waals surface area (Å²) in [5.74, 6) is -0.653. The van der Waals surface area contributed by atoms with Crippen molar-refractivity contribution in [2.45, 2.75) is 45.6 Å². The smallest absolute Gasteiger partial charge is 0.321 e. The first-order valence-corrected chi connectivity index (χ1v) is 6.84. The van der Waals surface area contributed by atoms with Gasteiger partial charge in [-0.05, 0) is 19.8 Å². The van der Waals surface area contributed by atoms with Gasteiger partial charge >= 0.3 is 12.0 Å². The van der Waals surface area contributed by atoms with Crippen LogP contribution in [0.4, 0.5) is 9.93 Å². The fraction of sp³-hybridized carbons (Fsp3) is 0.583. The van der Waals surface area contributed by atoms with E-state index in [0.717, 1.165) is 5.69 Å². The number of thiazole rings is 1. The number of aromatic nitrogens is 1. The van der Waals surface area contributed by atoms with Gasteiger partial charge in [0.25, 0.3) is 0 Å². The largest absolute Gasteiger partial charge is 0.481 e. The lowest BCUT2D eigenvalue weighted by Crippen LogP contribution is -2.46. The quantitative estimate of drug-likeness (QED) is 0.775. The van der Waals surface area contributed by atoms with Gasteiger partial charge in [0.05, 0.1) is 12.1 Å². The summed E-state index contributed by atoms with van der Waals surface area (Å²) in [5.41, 5.74) is 0.110. The van der Waals surface area contributed by atoms with Crippen molar-refractivity contribution in [1.82, 2.24) is 10.3 Å². The number of hydrogen-bond acceptors (Lipinski definition) is 4. The van der Waals surface area contributed by atoms with Crippen LogP contribution >= 0.6 is 11.3 Å². The van der Waals surface area contributed by atoms with Crippen molar-refractivity contribution in [3.8, 4) is 0 Å². The minimum absolute atomic E-state index is 0.143. The second kappa shape index (κ2) is 6.01. The number of nitrogens with one attached hydrogen (secondary N) is 2. The molecule has 0 radical (unpaired) electrons. The second-order valence-corrected chi connectivity index (χ2v) is 6.12. The van der Waals surface area contributed by atoms with Crippen LogP contribution in [-0.4, -0.2) is 27.6 Å². The molecule has 0 saturated carbocycles. The molecule has 0 aromatic carbocycles. The van der Waals surface area contributed by atoms with Crippen molar-refractivity contribution in [1.29, 1.82) is 0 Å². The number of carboxylic acid groups (broad SMARTS) is 1. The number of anilines is 1. The van der Waals surface area contributed by atoms with Gasteiger partial charge in [0, 0.05) is 10.9 Å². The number of urea groups is 1. The molecule has 2 amide bonds. The van der Waals surface area contributed by atoms with Crippen LogP contribution < -0.4 is 10.6 Å². The maximum atomic E-state index is 11.7. The third kappa shape index (κ3) is 5.25. The first kappa shape index (κ1) is 15.4. The van der Waals surface area contributed by atoms with E-state index in [9.17, 15) is 9.59 Å². The number of carbonyl (C=O) groups excluding carboxylic acids is 1. The van der Waals surface area contributed by atoms with Gasteiger partial charge < -0.3 is 10.4 Å². The van der Waals surface area contributed by atoms with Gasteiger partial charge in [-0.25, -0.2) is 9.78 Å². The zero-order valence-electron chi connectivity index (χ0n) is 11.5. The first-order chi connectivity index (χ1) is 8.69. The maximum absolute atomic E-state index is 11.7. The Balaban J connectivity index is 2.57. The summed E-state index contributed by atoms with van der Waals surface area (Å²) >= 11 is 1.35. The highest BCUT2D eigenvalue weighted by atomic mass is 32.1. The predicted octanol–water partition coefficient (Wildman–Crippen LogP) is 2.64. The van der Waals surface area contributed by atoms with E-state index in [-0.39, 0.29) is 6.42 Å². The molecule has 6 nitrogen and oxygen atoms in total. The van der Waals surface area contributed by atoms with Crippen molar-refractivity contribution in [2.24, 2.45) is 0 Å². The molecule has 0 fully saturated rings. The van der Waals surface area contributed by atoms with Gasteiger partial charge in [-0.3, -0.25) is 10.1 Å². The summed E-state index contributed by atoms with van der Waals surface area (Å²) < 4.78 is 0. The van der Waals surface area contributed by atoms with Crippen LogP contribution in [0.5, 0.6) is 0 Å². The molecule has 19 heavy (non-hydrogen) atoms. The van der Waals surface area contributed by atoms with E-state index in [1.54, 1.807) is 13.8 Å². The van der Waals surface area contributed by atoms with Crippen molar-refractivity contribution in [3.05, 3.63) is 11.1 Å². The number of hydrogen-bond donors (Lipinski definition) is 3. The number of carboxylic acids is 1. The van der Waals surface area contributed by atoms with Crippen LogP contribution in [0.3, 0.4) is 0 Å². The van der Waals surface area contributed by atoms with Gasteiger partial charge in [-0.2, -0.15) is 0 Å². The van der Waals surface area contributed by atoms with Crippen LogP contribution in [0, 0.1) is 0 Å². The fourth-order valence-corrected chi connectivity index (χ4v) is 2.33. The first-order valence-electron chi connectivity index (χ1n) is 5.96. The molecule has 1 aromatic heterocycles. The number of aliphatic carboxylic acids is 1. The van der Waals surface area contributed by atoms with Crippen LogP contribution in [0.25, 0.3) is 0 Å². The van der Waals surface area contributed by atoms with E-state index in [1.807, 2.05) is 19.2 Å². The standard InChI is InChI=1S/C12H19N3O3S/c1-7(2)8-6-19-11(13-8)14-10(18)15-12(3,4)5-9(16)17/h6-7H,5H2,1-4H3,(H,16,17)(H2,13,14,15,18). The molecule has 0 bridgehead atoms. The van der Waals surface area contributed by atoms with E-state index < -0.39 is 17.5 Å². The Morgan fingerprint density at radius 2 is 2.11 bits per heavy atom. The average molecular weight is 285 g/mol. The van der Waals surface area contributed by atoms with Gasteiger partial charge in [0.15, 0.2) is 5.13 Å². The Morgan fingerprint density at radius 3 is 2.58 bits per heavy atom. The molecule has 0 aliphatic heterocycles. The maximum Gasteiger partial charge on any atom is 0.321 e. The number of rotatable bonds is 5. The zero-order valence-corrected chi connectivity index (χ0v) is 12.3. The summed E-state index contributed by atoms with van der Waals surface area (Å²) in [4.78, 5) is 26.7. The molecule has 3 N–H and O–H groups in total. The fourth-order valence-electron chi connectivity index (χ4n) is 1.47. The summed E-state index contributed by atoms with van der Waals surface area (Å²) in [5, 5.41) is 16.4. The molecule has 0 aliphatic carbocycles. The third-order valence-corrected chi connectivity index (χ3v) is 3.15. The van der Waals surface area contributed by atoms with Crippen LogP contribution in [0.1, 0.15) is 45.7 Å². The van der Waals surface area contributed by atoms with Crippen molar-refractivity contribution < 1.29 is 14.7 Å². The third-order valence-electron chi connectivity index (χ3n) is 2.38. The van der Waals surface area contributed by atoms with E-state index in [1.165, 1.54) is 11.3 Å². The normalized spacial score (nSPS) is 11.4. The number of amides is 2. The molecule has 1 heterocycles. The topological polar surface area (TPSA) is 91.3 Å². The summed E-state index contributed by atoms with van der Waals surface area (Å²) in [6.45, 7) is 7.36. The number of nitrogens with zero attached hydrogens (tertiary/aromatic N) is 1. The Hall–Kier alpha value is -1.63. The Kier molecular flexibility index (Phi) is 4.88. The Bertz CT molecular complexity index is 469. The molecule has 7 heteroatoms. The van der Waals surface area contributed by atoms with Gasteiger partial charge in [0.1, 0.15) is 0 Å². The highest BCUT2D eigenvalue weighted by molar-refractivity contribution is 7.13. The minimum Gasteiger partial charge on any atom is -0.481 e. The highest BCUT2D eigenvalue weighted by Gasteiger charge is 2.24. The van der Waals surface area contributed by atoms with Crippen LogP contribution in [0.2, 0.25) is 0 Å². The molecular formula is C12H19N3O3S. The molecule has 106 valence electrons. The van der Waals surface area contributed by atoms with Gasteiger partial charge in [0.2, 0.25) is 0 Å². The second-order valence-electron chi connectivity index (χ2n) is 5.27. The van der Waals surface area contributed by atoms with Crippen molar-refractivity contribution >= 4 is 28.5 Å². The SMILES string of the molecule is CC(C)c1csc(NC(=O)NC(C)(C)CC(=O)O)n1. The monoisotopic (exact) mass is 285 g/mol. The molecule has 1 aromatic rings. The van der Waals surface area contributed by atoms with E-state index in [2.05, 4.69) is 15.6 Å². The van der Waals surface area contributed by atoms with E-state index >= 15 is 0 Å². The predicted molar refractivity (Wildman–Crippen MR) is 74.7 cm³/mol. The molecule has 0 spiro atoms. The molecule has 0 atom stereocenters. The zero-order chi connectivity index (χ0) is 14.6. The van der Waals surface area contributed by atoms with Crippen molar-refractivity contribution in [2.75, 3.05) is 5.32 Å². The van der Waals surface area contributed by atoms with Gasteiger partial charge in [-0.15, -0.1) is 11.3 Å². The lowest BCUT2D eigenvalue weighted by atomic mass is 10.0. The Labute approximate surface area is 116 Å². The molecule has 0 unspecified atom stereocenters. The summed E-state index contributed by atoms with van der Waals surface area (Å²) in [7, 11) is 0. The average Bonchev–Trinajstić information content (AvgIpc) is 2.62. The molecular weight excluding hydrogens is 266 g/mol. The summed E-state index contributed by atoms with van der Waals surface area (Å²) in [6.07, 6.45) is -0.143. The molecule has 0 aliphatic rings. The lowest BCUT2D eigenvalue weighted by Gasteiger charge is -2.23. The van der Waals surface area contributed by atoms with Gasteiger partial charge in [-0.1, -0.05) is 13.8 Å². The molecule has 0 saturated heterocycles. The minimum atomic E-state index is -0.957. The van der Waals surface area contributed by atoms with Crippen LogP contribution in [-0.2, 0) is 4.79 Å². The Morgan fingerprint density at radius 1 is 1.47 bits per heavy atom. The van der Waals surface area contributed by atoms with E-state index in [0.29, 0.717) is 11.0 Å². The lowest BCUT2D eigenvalue weighted by molar-refractivity contribution is -0.138.